The van der Waals surface area contributed by atoms with E-state index >= 15 is 0 Å². The van der Waals surface area contributed by atoms with Crippen molar-refractivity contribution >= 4 is 40.7 Å². The Balaban J connectivity index is 1.84. The number of anilines is 2. The Hall–Kier alpha value is -2.84. The van der Waals surface area contributed by atoms with Crippen LogP contribution in [0.4, 0.5) is 16.3 Å². The summed E-state index contributed by atoms with van der Waals surface area (Å²) in [5, 5.41) is 10.3. The molecule has 0 aliphatic rings. The van der Waals surface area contributed by atoms with Gasteiger partial charge in [-0.15, -0.1) is 0 Å². The van der Waals surface area contributed by atoms with Gasteiger partial charge < -0.3 is 5.32 Å². The predicted molar refractivity (Wildman–Crippen MR) is 101 cm³/mol. The Kier molecular flexibility index (Phi) is 4.97. The average molecular weight is 393 g/mol. The molecule has 10 heteroatoms. The highest BCUT2D eigenvalue weighted by Crippen LogP contribution is 2.25. The number of nitrogens with zero attached hydrogens (tertiary/aromatic N) is 3. The lowest BCUT2D eigenvalue weighted by molar-refractivity contribution is 0.262. The number of hydrogen-bond donors (Lipinski definition) is 3. The van der Waals surface area contributed by atoms with E-state index in [1.807, 2.05) is 0 Å². The van der Waals surface area contributed by atoms with Crippen molar-refractivity contribution in [2.75, 3.05) is 10.6 Å². The molecule has 2 heterocycles. The van der Waals surface area contributed by atoms with Crippen LogP contribution >= 0.6 is 23.2 Å². The van der Waals surface area contributed by atoms with Crippen LogP contribution < -0.4 is 16.2 Å². The summed E-state index contributed by atoms with van der Waals surface area (Å²) in [6, 6.07) is 7.23. The van der Waals surface area contributed by atoms with Gasteiger partial charge in [0.15, 0.2) is 0 Å². The molecular formula is C16H14Cl2N6O2. The minimum Gasteiger partial charge on any atom is -0.308 e. The van der Waals surface area contributed by atoms with E-state index in [-0.39, 0.29) is 11.5 Å². The van der Waals surface area contributed by atoms with Gasteiger partial charge in [-0.2, -0.15) is 9.78 Å². The SMILES string of the molecule is Cc1cc(=O)[nH]c(-n2nc(C)cc2NC(=O)Nc2ccc(Cl)c(Cl)c2)n1. The first kappa shape index (κ1) is 18.0. The van der Waals surface area contributed by atoms with Crippen molar-refractivity contribution < 1.29 is 4.79 Å². The molecule has 3 rings (SSSR count). The van der Waals surface area contributed by atoms with Crippen LogP contribution in [0.5, 0.6) is 0 Å². The van der Waals surface area contributed by atoms with E-state index in [0.717, 1.165) is 0 Å². The number of halogens is 2. The normalized spacial score (nSPS) is 10.6. The monoisotopic (exact) mass is 392 g/mol. The number of H-pyrrole nitrogens is 1. The molecule has 0 atom stereocenters. The lowest BCUT2D eigenvalue weighted by Gasteiger charge is -2.10. The van der Waals surface area contributed by atoms with Gasteiger partial charge in [-0.1, -0.05) is 23.2 Å². The van der Waals surface area contributed by atoms with E-state index in [1.54, 1.807) is 32.0 Å². The molecule has 0 unspecified atom stereocenters. The summed E-state index contributed by atoms with van der Waals surface area (Å²) in [5.41, 5.74) is 1.33. The quantitative estimate of drug-likeness (QED) is 0.633. The first-order valence-corrected chi connectivity index (χ1v) is 8.25. The third-order valence-corrected chi connectivity index (χ3v) is 4.05. The number of aromatic nitrogens is 4. The summed E-state index contributed by atoms with van der Waals surface area (Å²) in [7, 11) is 0. The van der Waals surface area contributed by atoms with Crippen LogP contribution in [0.15, 0.2) is 35.1 Å². The van der Waals surface area contributed by atoms with Gasteiger partial charge in [-0.3, -0.25) is 15.1 Å². The molecule has 1 aromatic carbocycles. The van der Waals surface area contributed by atoms with E-state index in [0.29, 0.717) is 32.9 Å². The summed E-state index contributed by atoms with van der Waals surface area (Å²) in [5.74, 6) is 0.543. The third kappa shape index (κ3) is 4.04. The van der Waals surface area contributed by atoms with Crippen LogP contribution in [0, 0.1) is 13.8 Å². The van der Waals surface area contributed by atoms with Crippen molar-refractivity contribution in [3.63, 3.8) is 0 Å². The number of aromatic amines is 1. The van der Waals surface area contributed by atoms with Gasteiger partial charge >= 0.3 is 6.03 Å². The maximum absolute atomic E-state index is 12.3. The number of rotatable bonds is 3. The molecule has 0 aliphatic carbocycles. The first-order valence-electron chi connectivity index (χ1n) is 7.50. The van der Waals surface area contributed by atoms with Crippen LogP contribution in [-0.4, -0.2) is 25.8 Å². The number of benzene rings is 1. The number of amides is 2. The average Bonchev–Trinajstić information content (AvgIpc) is 2.90. The molecule has 0 bridgehead atoms. The maximum atomic E-state index is 12.3. The smallest absolute Gasteiger partial charge is 0.308 e. The van der Waals surface area contributed by atoms with Crippen molar-refractivity contribution in [3.8, 4) is 5.95 Å². The van der Waals surface area contributed by atoms with Gasteiger partial charge in [0.25, 0.3) is 5.56 Å². The summed E-state index contributed by atoms with van der Waals surface area (Å²) in [6.45, 7) is 3.45. The minimum absolute atomic E-state index is 0.202. The van der Waals surface area contributed by atoms with Gasteiger partial charge in [-0.25, -0.2) is 9.78 Å². The number of nitrogens with one attached hydrogen (secondary N) is 3. The van der Waals surface area contributed by atoms with Crippen LogP contribution in [0.25, 0.3) is 5.95 Å². The second-order valence-corrected chi connectivity index (χ2v) is 6.32. The van der Waals surface area contributed by atoms with E-state index in [9.17, 15) is 9.59 Å². The standard InChI is InChI=1S/C16H14Cl2N6O2/c1-8-6-14(25)22-15(19-8)24-13(5-9(2)23-24)21-16(26)20-10-3-4-11(17)12(18)7-10/h3-7H,1-2H3,(H,19,22,25)(H2,20,21,26). The molecule has 0 saturated carbocycles. The second kappa shape index (κ2) is 7.19. The Morgan fingerprint density at radius 1 is 1.08 bits per heavy atom. The fourth-order valence-corrected chi connectivity index (χ4v) is 2.56. The van der Waals surface area contributed by atoms with Gasteiger partial charge in [-0.05, 0) is 32.0 Å². The molecule has 26 heavy (non-hydrogen) atoms. The van der Waals surface area contributed by atoms with E-state index in [4.69, 9.17) is 23.2 Å². The number of carbonyl (C=O) groups excluding carboxylic acids is 1. The fraction of sp³-hybridized carbons (Fsp3) is 0.125. The number of hydrogen-bond acceptors (Lipinski definition) is 4. The van der Waals surface area contributed by atoms with Gasteiger partial charge in [0.2, 0.25) is 5.95 Å². The van der Waals surface area contributed by atoms with E-state index < -0.39 is 6.03 Å². The topological polar surface area (TPSA) is 105 Å². The van der Waals surface area contributed by atoms with Gasteiger partial charge in [0.1, 0.15) is 5.82 Å². The molecular weight excluding hydrogens is 379 g/mol. The summed E-state index contributed by atoms with van der Waals surface area (Å²) in [6.07, 6.45) is 0. The van der Waals surface area contributed by atoms with Crippen molar-refractivity contribution in [2.24, 2.45) is 0 Å². The third-order valence-electron chi connectivity index (χ3n) is 3.31. The lowest BCUT2D eigenvalue weighted by atomic mass is 10.3. The number of urea groups is 1. The minimum atomic E-state index is -0.514. The molecule has 3 N–H and O–H groups in total. The van der Waals surface area contributed by atoms with E-state index in [1.165, 1.54) is 16.8 Å². The van der Waals surface area contributed by atoms with Crippen molar-refractivity contribution in [3.05, 3.63) is 62.1 Å². The number of aryl methyl sites for hydroxylation is 2. The Labute approximate surface area is 158 Å². The zero-order chi connectivity index (χ0) is 18.8. The molecule has 3 aromatic rings. The Bertz CT molecular complexity index is 1040. The fourth-order valence-electron chi connectivity index (χ4n) is 2.27. The molecule has 0 spiro atoms. The lowest BCUT2D eigenvalue weighted by Crippen LogP contribution is -2.22. The second-order valence-electron chi connectivity index (χ2n) is 5.50. The van der Waals surface area contributed by atoms with Crippen molar-refractivity contribution in [2.45, 2.75) is 13.8 Å². The zero-order valence-corrected chi connectivity index (χ0v) is 15.3. The van der Waals surface area contributed by atoms with Crippen LogP contribution in [0.1, 0.15) is 11.4 Å². The molecule has 134 valence electrons. The highest BCUT2D eigenvalue weighted by molar-refractivity contribution is 6.42. The predicted octanol–water partition coefficient (Wildman–Crippen LogP) is 3.52. The highest BCUT2D eigenvalue weighted by Gasteiger charge is 2.13. The van der Waals surface area contributed by atoms with Crippen LogP contribution in [0.2, 0.25) is 10.0 Å². The summed E-state index contributed by atoms with van der Waals surface area (Å²) in [4.78, 5) is 30.8. The summed E-state index contributed by atoms with van der Waals surface area (Å²) < 4.78 is 1.35. The first-order chi connectivity index (χ1) is 12.3. The molecule has 0 saturated heterocycles. The van der Waals surface area contributed by atoms with Crippen LogP contribution in [-0.2, 0) is 0 Å². The highest BCUT2D eigenvalue weighted by atomic mass is 35.5. The molecule has 0 radical (unpaired) electrons. The molecule has 0 fully saturated rings. The zero-order valence-electron chi connectivity index (χ0n) is 13.8. The largest absolute Gasteiger partial charge is 0.324 e. The van der Waals surface area contributed by atoms with Crippen molar-refractivity contribution in [1.29, 1.82) is 0 Å². The number of carbonyl (C=O) groups is 1. The van der Waals surface area contributed by atoms with E-state index in [2.05, 4.69) is 25.7 Å². The van der Waals surface area contributed by atoms with Gasteiger partial charge in [0.05, 0.1) is 15.7 Å². The Morgan fingerprint density at radius 2 is 1.85 bits per heavy atom. The Morgan fingerprint density at radius 3 is 2.54 bits per heavy atom. The molecule has 0 aliphatic heterocycles. The van der Waals surface area contributed by atoms with Crippen LogP contribution in [0.3, 0.4) is 0 Å². The summed E-state index contributed by atoms with van der Waals surface area (Å²) >= 11 is 11.8. The molecule has 2 aromatic heterocycles. The molecule has 2 amide bonds. The van der Waals surface area contributed by atoms with Crippen molar-refractivity contribution in [1.82, 2.24) is 19.7 Å². The molecule has 8 nitrogen and oxygen atoms in total. The maximum Gasteiger partial charge on any atom is 0.324 e. The van der Waals surface area contributed by atoms with Gasteiger partial charge in [0, 0.05) is 23.5 Å².